The van der Waals surface area contributed by atoms with Crippen molar-refractivity contribution in [1.82, 2.24) is 0 Å². The predicted molar refractivity (Wildman–Crippen MR) is 56.3 cm³/mol. The van der Waals surface area contributed by atoms with Crippen LogP contribution >= 0.6 is 0 Å². The van der Waals surface area contributed by atoms with Crippen molar-refractivity contribution in [2.45, 2.75) is 40.0 Å². The lowest BCUT2D eigenvalue weighted by molar-refractivity contribution is 0.468. The lowest BCUT2D eigenvalue weighted by Crippen LogP contribution is -2.13. The normalized spacial score (nSPS) is 11.8. The van der Waals surface area contributed by atoms with Crippen molar-refractivity contribution in [3.8, 4) is 5.75 Å². The third-order valence-corrected chi connectivity index (χ3v) is 2.57. The second-order valence-electron chi connectivity index (χ2n) is 4.63. The van der Waals surface area contributed by atoms with Crippen molar-refractivity contribution < 1.29 is 5.11 Å². The van der Waals surface area contributed by atoms with Crippen LogP contribution in [0, 0.1) is 13.8 Å². The molecule has 1 aromatic carbocycles. The third-order valence-electron chi connectivity index (χ3n) is 2.57. The summed E-state index contributed by atoms with van der Waals surface area (Å²) in [6, 6.07) is 3.79. The van der Waals surface area contributed by atoms with Crippen molar-refractivity contribution in [2.24, 2.45) is 0 Å². The van der Waals surface area contributed by atoms with Crippen molar-refractivity contribution in [2.75, 3.05) is 0 Å². The quantitative estimate of drug-likeness (QED) is 0.646. The molecule has 1 heteroatoms. The van der Waals surface area contributed by atoms with Crippen LogP contribution in [0.15, 0.2) is 12.1 Å². The Morgan fingerprint density at radius 3 is 2.00 bits per heavy atom. The fourth-order valence-electron chi connectivity index (χ4n) is 1.62. The first-order chi connectivity index (χ1) is 5.84. The van der Waals surface area contributed by atoms with Crippen LogP contribution in [0.2, 0.25) is 0 Å². The topological polar surface area (TPSA) is 20.2 Å². The Labute approximate surface area is 80.4 Å². The molecule has 0 bridgehead atoms. The van der Waals surface area contributed by atoms with E-state index in [1.807, 2.05) is 13.0 Å². The molecule has 0 heterocycles. The van der Waals surface area contributed by atoms with Gasteiger partial charge in [0.2, 0.25) is 0 Å². The highest BCUT2D eigenvalue weighted by Crippen LogP contribution is 2.31. The second kappa shape index (κ2) is 3.06. The summed E-state index contributed by atoms with van der Waals surface area (Å²) in [5.41, 5.74) is 3.66. The van der Waals surface area contributed by atoms with E-state index in [1.165, 1.54) is 11.1 Å². The monoisotopic (exact) mass is 178 g/mol. The van der Waals surface area contributed by atoms with Crippen LogP contribution in [0.3, 0.4) is 0 Å². The van der Waals surface area contributed by atoms with Gasteiger partial charge < -0.3 is 5.11 Å². The highest BCUT2D eigenvalue weighted by atomic mass is 16.3. The standard InChI is InChI=1S/C12H18O/c1-8-9(2)11(13)7-6-10(8)12(3,4)5/h6-7,13H,1-5H3. The zero-order valence-corrected chi connectivity index (χ0v) is 9.10. The fourth-order valence-corrected chi connectivity index (χ4v) is 1.62. The van der Waals surface area contributed by atoms with E-state index < -0.39 is 0 Å². The van der Waals surface area contributed by atoms with Gasteiger partial charge in [0.1, 0.15) is 5.75 Å². The van der Waals surface area contributed by atoms with E-state index in [2.05, 4.69) is 27.7 Å². The zero-order chi connectivity index (χ0) is 10.2. The molecule has 0 aliphatic heterocycles. The minimum absolute atomic E-state index is 0.155. The van der Waals surface area contributed by atoms with Crippen molar-refractivity contribution in [3.63, 3.8) is 0 Å². The van der Waals surface area contributed by atoms with E-state index in [9.17, 15) is 5.11 Å². The van der Waals surface area contributed by atoms with E-state index in [0.717, 1.165) is 5.56 Å². The Kier molecular flexibility index (Phi) is 2.38. The largest absolute Gasteiger partial charge is 0.508 e. The van der Waals surface area contributed by atoms with Gasteiger partial charge in [0.05, 0.1) is 0 Å². The van der Waals surface area contributed by atoms with E-state index in [1.54, 1.807) is 6.07 Å². The van der Waals surface area contributed by atoms with Gasteiger partial charge in [-0.3, -0.25) is 0 Å². The molecule has 0 amide bonds. The maximum Gasteiger partial charge on any atom is 0.118 e. The van der Waals surface area contributed by atoms with Gasteiger partial charge in [-0.15, -0.1) is 0 Å². The highest BCUT2D eigenvalue weighted by Gasteiger charge is 2.17. The molecule has 1 N–H and O–H groups in total. The minimum atomic E-state index is 0.155. The first-order valence-corrected chi connectivity index (χ1v) is 4.63. The minimum Gasteiger partial charge on any atom is -0.508 e. The number of phenolic OH excluding ortho intramolecular Hbond substituents is 1. The van der Waals surface area contributed by atoms with E-state index >= 15 is 0 Å². The lowest BCUT2D eigenvalue weighted by atomic mass is 9.82. The molecule has 1 aromatic rings. The summed E-state index contributed by atoms with van der Waals surface area (Å²) in [5, 5.41) is 9.49. The number of aromatic hydroxyl groups is 1. The van der Waals surface area contributed by atoms with Gasteiger partial charge in [0.15, 0.2) is 0 Å². The summed E-state index contributed by atoms with van der Waals surface area (Å²) < 4.78 is 0. The molecule has 0 aliphatic rings. The van der Waals surface area contributed by atoms with Crippen LogP contribution < -0.4 is 0 Å². The molecule has 0 atom stereocenters. The molecule has 0 saturated heterocycles. The Hall–Kier alpha value is -0.980. The van der Waals surface area contributed by atoms with Gasteiger partial charge >= 0.3 is 0 Å². The number of phenols is 1. The molecule has 13 heavy (non-hydrogen) atoms. The van der Waals surface area contributed by atoms with Crippen molar-refractivity contribution in [3.05, 3.63) is 28.8 Å². The van der Waals surface area contributed by atoms with E-state index in [0.29, 0.717) is 5.75 Å². The SMILES string of the molecule is Cc1c(O)ccc(C(C)(C)C)c1C. The molecule has 0 fully saturated rings. The average Bonchev–Trinajstić information content (AvgIpc) is 1.98. The molecule has 72 valence electrons. The lowest BCUT2D eigenvalue weighted by Gasteiger charge is -2.23. The van der Waals surface area contributed by atoms with Crippen LogP contribution in [0.4, 0.5) is 0 Å². The Morgan fingerprint density at radius 2 is 1.54 bits per heavy atom. The highest BCUT2D eigenvalue weighted by molar-refractivity contribution is 5.45. The number of benzene rings is 1. The molecule has 0 aliphatic carbocycles. The predicted octanol–water partition coefficient (Wildman–Crippen LogP) is 3.31. The fraction of sp³-hybridized carbons (Fsp3) is 0.500. The molecule has 0 unspecified atom stereocenters. The van der Waals surface area contributed by atoms with Crippen LogP contribution in [0.1, 0.15) is 37.5 Å². The molecule has 0 saturated carbocycles. The maximum atomic E-state index is 9.49. The summed E-state index contributed by atoms with van der Waals surface area (Å²) >= 11 is 0. The van der Waals surface area contributed by atoms with Crippen LogP contribution in [-0.2, 0) is 5.41 Å². The maximum absolute atomic E-state index is 9.49. The molecular formula is C12H18O. The van der Waals surface area contributed by atoms with E-state index in [4.69, 9.17) is 0 Å². The van der Waals surface area contributed by atoms with E-state index in [-0.39, 0.29) is 5.41 Å². The summed E-state index contributed by atoms with van der Waals surface area (Å²) in [4.78, 5) is 0. The summed E-state index contributed by atoms with van der Waals surface area (Å²) in [6.45, 7) is 10.6. The van der Waals surface area contributed by atoms with Gasteiger partial charge in [-0.05, 0) is 42.0 Å². The molecule has 1 rings (SSSR count). The van der Waals surface area contributed by atoms with Crippen LogP contribution in [0.25, 0.3) is 0 Å². The Morgan fingerprint density at radius 1 is 1.00 bits per heavy atom. The first-order valence-electron chi connectivity index (χ1n) is 4.63. The summed E-state index contributed by atoms with van der Waals surface area (Å²) in [6.07, 6.45) is 0. The van der Waals surface area contributed by atoms with Crippen molar-refractivity contribution >= 4 is 0 Å². The number of rotatable bonds is 0. The molecule has 0 radical (unpaired) electrons. The second-order valence-corrected chi connectivity index (χ2v) is 4.63. The zero-order valence-electron chi connectivity index (χ0n) is 9.10. The van der Waals surface area contributed by atoms with Gasteiger partial charge in [0, 0.05) is 0 Å². The molecule has 1 nitrogen and oxygen atoms in total. The Balaban J connectivity index is 3.35. The average molecular weight is 178 g/mol. The van der Waals surface area contributed by atoms with Gasteiger partial charge in [-0.25, -0.2) is 0 Å². The molecular weight excluding hydrogens is 160 g/mol. The molecule has 0 aromatic heterocycles. The Bertz CT molecular complexity index is 319. The van der Waals surface area contributed by atoms with Gasteiger partial charge in [-0.2, -0.15) is 0 Å². The van der Waals surface area contributed by atoms with Crippen LogP contribution in [0.5, 0.6) is 5.75 Å². The van der Waals surface area contributed by atoms with Crippen LogP contribution in [-0.4, -0.2) is 5.11 Å². The summed E-state index contributed by atoms with van der Waals surface area (Å²) in [5.74, 6) is 0.394. The first kappa shape index (κ1) is 10.1. The van der Waals surface area contributed by atoms with Gasteiger partial charge in [0.25, 0.3) is 0 Å². The van der Waals surface area contributed by atoms with Crippen molar-refractivity contribution in [1.29, 1.82) is 0 Å². The third kappa shape index (κ3) is 1.85. The molecule has 0 spiro atoms. The summed E-state index contributed by atoms with van der Waals surface area (Å²) in [7, 11) is 0. The number of hydrogen-bond donors (Lipinski definition) is 1. The van der Waals surface area contributed by atoms with Gasteiger partial charge in [-0.1, -0.05) is 26.8 Å². The smallest absolute Gasteiger partial charge is 0.118 e. The number of hydrogen-bond acceptors (Lipinski definition) is 1.